The monoisotopic (exact) mass is 405 g/mol. The number of pyridine rings is 1. The third-order valence-electron chi connectivity index (χ3n) is 4.47. The highest BCUT2D eigenvalue weighted by molar-refractivity contribution is 6.04. The van der Waals surface area contributed by atoms with E-state index in [-0.39, 0.29) is 5.91 Å². The van der Waals surface area contributed by atoms with Crippen LogP contribution >= 0.6 is 0 Å². The number of aromatic nitrogens is 1. The number of nitrogens with zero attached hydrogens (tertiary/aromatic N) is 2. The van der Waals surface area contributed by atoms with Crippen LogP contribution in [0.4, 0.5) is 16.3 Å². The number of hydrogen-bond acceptors (Lipinski definition) is 5. The van der Waals surface area contributed by atoms with Crippen LogP contribution in [0.1, 0.15) is 21.5 Å². The minimum Gasteiger partial charge on any atom is -0.497 e. The molecule has 0 saturated carbocycles. The number of carbonyl (C=O) groups excluding carboxylic acids is 2. The number of rotatable bonds is 7. The van der Waals surface area contributed by atoms with E-state index in [0.717, 1.165) is 16.9 Å². The van der Waals surface area contributed by atoms with Gasteiger partial charge in [0.05, 0.1) is 7.11 Å². The summed E-state index contributed by atoms with van der Waals surface area (Å²) in [7, 11) is 1.60. The van der Waals surface area contributed by atoms with Crippen LogP contribution in [-0.4, -0.2) is 28.9 Å². The molecule has 3 rings (SSSR count). The molecule has 0 aliphatic heterocycles. The van der Waals surface area contributed by atoms with E-state index < -0.39 is 6.03 Å². The molecule has 30 heavy (non-hydrogen) atoms. The van der Waals surface area contributed by atoms with E-state index >= 15 is 0 Å². The predicted molar refractivity (Wildman–Crippen MR) is 115 cm³/mol. The van der Waals surface area contributed by atoms with Gasteiger partial charge in [-0.1, -0.05) is 24.3 Å². The lowest BCUT2D eigenvalue weighted by molar-refractivity contribution is 0.102. The smallest absolute Gasteiger partial charge is 0.315 e. The van der Waals surface area contributed by atoms with Gasteiger partial charge in [-0.3, -0.25) is 4.79 Å². The Labute approximate surface area is 174 Å². The minimum atomic E-state index is -0.525. The fraction of sp³-hybridized carbons (Fsp3) is 0.136. The Hall–Kier alpha value is -4.07. The second-order valence-electron chi connectivity index (χ2n) is 6.66. The summed E-state index contributed by atoms with van der Waals surface area (Å²) in [6.45, 7) is 0.690. The zero-order chi connectivity index (χ0) is 21.5. The van der Waals surface area contributed by atoms with Crippen molar-refractivity contribution in [1.29, 1.82) is 0 Å². The van der Waals surface area contributed by atoms with Crippen LogP contribution in [0.2, 0.25) is 0 Å². The lowest BCUT2D eigenvalue weighted by Gasteiger charge is -2.21. The highest BCUT2D eigenvalue weighted by atomic mass is 16.5. The van der Waals surface area contributed by atoms with Crippen molar-refractivity contribution in [3.8, 4) is 5.75 Å². The molecule has 5 N–H and O–H groups in total. The van der Waals surface area contributed by atoms with Gasteiger partial charge in [-0.2, -0.15) is 0 Å². The van der Waals surface area contributed by atoms with Crippen molar-refractivity contribution >= 4 is 23.4 Å². The van der Waals surface area contributed by atoms with Crippen LogP contribution in [0.3, 0.4) is 0 Å². The van der Waals surface area contributed by atoms with Crippen LogP contribution in [0.25, 0.3) is 0 Å². The Morgan fingerprint density at radius 1 is 1.00 bits per heavy atom. The van der Waals surface area contributed by atoms with Crippen LogP contribution < -0.4 is 21.5 Å². The van der Waals surface area contributed by atoms with E-state index in [0.29, 0.717) is 30.2 Å². The number of urea groups is 1. The molecule has 154 valence electrons. The maximum atomic E-state index is 12.4. The Bertz CT molecular complexity index is 1020. The molecule has 0 aliphatic rings. The largest absolute Gasteiger partial charge is 0.497 e. The van der Waals surface area contributed by atoms with E-state index in [1.807, 2.05) is 24.3 Å². The zero-order valence-corrected chi connectivity index (χ0v) is 16.5. The van der Waals surface area contributed by atoms with Crippen LogP contribution in [0.15, 0.2) is 66.9 Å². The summed E-state index contributed by atoms with van der Waals surface area (Å²) in [5, 5.41) is 2.77. The predicted octanol–water partition coefficient (Wildman–Crippen LogP) is 3.01. The van der Waals surface area contributed by atoms with Crippen molar-refractivity contribution in [3.63, 3.8) is 0 Å². The van der Waals surface area contributed by atoms with E-state index in [2.05, 4.69) is 10.3 Å². The first-order valence-electron chi connectivity index (χ1n) is 9.24. The molecule has 3 amide bonds. The molecule has 1 heterocycles. The summed E-state index contributed by atoms with van der Waals surface area (Å²) >= 11 is 0. The van der Waals surface area contributed by atoms with Gasteiger partial charge in [-0.05, 0) is 41.5 Å². The maximum absolute atomic E-state index is 12.4. The SMILES string of the molecule is COc1ccc(CN(Cc2ccc(C(=O)Nc3ccnc(N)c3)cc2)C(N)=O)cc1. The average Bonchev–Trinajstić information content (AvgIpc) is 2.74. The van der Waals surface area contributed by atoms with Crippen molar-refractivity contribution in [2.45, 2.75) is 13.1 Å². The van der Waals surface area contributed by atoms with E-state index in [1.165, 1.54) is 11.1 Å². The van der Waals surface area contributed by atoms with Gasteiger partial charge in [0.1, 0.15) is 11.6 Å². The number of hydrogen-bond donors (Lipinski definition) is 3. The normalized spacial score (nSPS) is 10.3. The lowest BCUT2D eigenvalue weighted by atomic mass is 10.1. The van der Waals surface area contributed by atoms with Gasteiger partial charge in [0, 0.05) is 36.6 Å². The number of anilines is 2. The molecule has 0 fully saturated rings. The van der Waals surface area contributed by atoms with Crippen molar-refractivity contribution in [3.05, 3.63) is 83.6 Å². The standard InChI is InChI=1S/C22H23N5O3/c1-30-19-8-4-16(5-9-19)14-27(22(24)29)13-15-2-6-17(7-3-15)21(28)26-18-10-11-25-20(23)12-18/h2-12H,13-14H2,1H3,(H2,24,29)(H3,23,25,26,28). The minimum absolute atomic E-state index is 0.267. The quantitative estimate of drug-likeness (QED) is 0.557. The molecular formula is C22H23N5O3. The number of nitrogen functional groups attached to an aromatic ring is 1. The van der Waals surface area contributed by atoms with Gasteiger partial charge >= 0.3 is 6.03 Å². The number of nitrogens with two attached hydrogens (primary N) is 2. The molecule has 0 saturated heterocycles. The van der Waals surface area contributed by atoms with E-state index in [4.69, 9.17) is 16.2 Å². The van der Waals surface area contributed by atoms with Crippen molar-refractivity contribution in [2.24, 2.45) is 5.73 Å². The van der Waals surface area contributed by atoms with Crippen molar-refractivity contribution in [1.82, 2.24) is 9.88 Å². The summed E-state index contributed by atoms with van der Waals surface area (Å²) in [6, 6.07) is 17.1. The molecule has 0 spiro atoms. The van der Waals surface area contributed by atoms with Gasteiger partial charge in [-0.25, -0.2) is 9.78 Å². The molecule has 0 radical (unpaired) electrons. The van der Waals surface area contributed by atoms with Crippen molar-refractivity contribution < 1.29 is 14.3 Å². The summed E-state index contributed by atoms with van der Waals surface area (Å²) in [5.41, 5.74) is 14.0. The highest BCUT2D eigenvalue weighted by Crippen LogP contribution is 2.16. The van der Waals surface area contributed by atoms with Gasteiger partial charge < -0.3 is 26.4 Å². The fourth-order valence-corrected chi connectivity index (χ4v) is 2.87. The summed E-state index contributed by atoms with van der Waals surface area (Å²) in [5.74, 6) is 0.802. The average molecular weight is 405 g/mol. The molecule has 8 heteroatoms. The first kappa shape index (κ1) is 20.7. The number of primary amides is 1. The van der Waals surface area contributed by atoms with Gasteiger partial charge in [0.15, 0.2) is 0 Å². The molecule has 1 aromatic heterocycles. The van der Waals surface area contributed by atoms with E-state index in [9.17, 15) is 9.59 Å². The summed E-state index contributed by atoms with van der Waals surface area (Å²) < 4.78 is 5.14. The first-order valence-corrected chi connectivity index (χ1v) is 9.24. The number of carbonyl (C=O) groups is 2. The molecule has 0 unspecified atom stereocenters. The van der Waals surface area contributed by atoms with Crippen molar-refractivity contribution in [2.75, 3.05) is 18.2 Å². The Kier molecular flexibility index (Phi) is 6.49. The molecule has 2 aromatic carbocycles. The molecular weight excluding hydrogens is 382 g/mol. The second-order valence-corrected chi connectivity index (χ2v) is 6.66. The number of amides is 3. The van der Waals surface area contributed by atoms with Crippen LogP contribution in [0, 0.1) is 0 Å². The Morgan fingerprint density at radius 3 is 2.13 bits per heavy atom. The number of benzene rings is 2. The van der Waals surface area contributed by atoms with E-state index in [1.54, 1.807) is 43.5 Å². The molecule has 0 aliphatic carbocycles. The summed E-state index contributed by atoms with van der Waals surface area (Å²) in [4.78, 5) is 29.7. The third kappa shape index (κ3) is 5.48. The van der Waals surface area contributed by atoms with Gasteiger partial charge in [0.25, 0.3) is 5.91 Å². The topological polar surface area (TPSA) is 124 Å². The fourth-order valence-electron chi connectivity index (χ4n) is 2.87. The summed E-state index contributed by atoms with van der Waals surface area (Å²) in [6.07, 6.45) is 1.52. The Morgan fingerprint density at radius 2 is 1.60 bits per heavy atom. The number of methoxy groups -OCH3 is 1. The van der Waals surface area contributed by atoms with Crippen LogP contribution in [0.5, 0.6) is 5.75 Å². The Balaban J connectivity index is 1.64. The highest BCUT2D eigenvalue weighted by Gasteiger charge is 2.13. The van der Waals surface area contributed by atoms with Crippen LogP contribution in [-0.2, 0) is 13.1 Å². The zero-order valence-electron chi connectivity index (χ0n) is 16.5. The number of nitrogens with one attached hydrogen (secondary N) is 1. The lowest BCUT2D eigenvalue weighted by Crippen LogP contribution is -2.34. The third-order valence-corrected chi connectivity index (χ3v) is 4.47. The molecule has 8 nitrogen and oxygen atoms in total. The molecule has 3 aromatic rings. The van der Waals surface area contributed by atoms with Gasteiger partial charge in [0.2, 0.25) is 0 Å². The van der Waals surface area contributed by atoms with Gasteiger partial charge in [-0.15, -0.1) is 0 Å². The first-order chi connectivity index (χ1) is 14.4. The molecule has 0 bridgehead atoms. The molecule has 0 atom stereocenters. The number of ether oxygens (including phenoxy) is 1. The maximum Gasteiger partial charge on any atom is 0.315 e. The second kappa shape index (κ2) is 9.42.